The van der Waals surface area contributed by atoms with Crippen LogP contribution in [0.4, 0.5) is 0 Å². The third-order valence-electron chi connectivity index (χ3n) is 3.69. The Kier molecular flexibility index (Phi) is 7.30. The lowest BCUT2D eigenvalue weighted by Crippen LogP contribution is -2.44. The molecule has 0 aliphatic carbocycles. The van der Waals surface area contributed by atoms with Crippen molar-refractivity contribution in [3.8, 4) is 0 Å². The molecule has 0 heterocycles. The van der Waals surface area contributed by atoms with Gasteiger partial charge in [-0.3, -0.25) is 4.79 Å². The van der Waals surface area contributed by atoms with Crippen molar-refractivity contribution in [3.63, 3.8) is 0 Å². The molecule has 0 aromatic heterocycles. The molecule has 0 rings (SSSR count). The van der Waals surface area contributed by atoms with Gasteiger partial charge in [0.25, 0.3) is 0 Å². The summed E-state index contributed by atoms with van der Waals surface area (Å²) in [4.78, 5) is 22.6. The van der Waals surface area contributed by atoms with Crippen molar-refractivity contribution in [2.24, 2.45) is 0 Å². The Hall–Kier alpha value is -0.683. The Morgan fingerprint density at radius 1 is 1.14 bits per heavy atom. The Morgan fingerprint density at radius 2 is 1.67 bits per heavy atom. The van der Waals surface area contributed by atoms with E-state index < -0.39 is 13.9 Å². The number of hydrogen-bond donors (Lipinski definition) is 0. The minimum absolute atomic E-state index is 0.0698. The quantitative estimate of drug-likeness (QED) is 0.403. The first kappa shape index (κ1) is 20.3. The second kappa shape index (κ2) is 7.54. The zero-order chi connectivity index (χ0) is 16.9. The van der Waals surface area contributed by atoms with Crippen LogP contribution in [0.15, 0.2) is 0 Å². The number of carbonyl (C=O) groups is 2. The molecule has 5 heteroatoms. The number of rotatable bonds is 7. The summed E-state index contributed by atoms with van der Waals surface area (Å²) in [5, 5.41) is 0.0698. The van der Waals surface area contributed by atoms with Crippen LogP contribution in [0.3, 0.4) is 0 Å². The van der Waals surface area contributed by atoms with E-state index in [0.717, 1.165) is 6.29 Å². The van der Waals surface area contributed by atoms with Gasteiger partial charge in [0.15, 0.2) is 8.32 Å². The van der Waals surface area contributed by atoms with Gasteiger partial charge in [-0.2, -0.15) is 0 Å². The van der Waals surface area contributed by atoms with Crippen LogP contribution in [0.25, 0.3) is 0 Å². The van der Waals surface area contributed by atoms with Crippen LogP contribution < -0.4 is 0 Å². The van der Waals surface area contributed by atoms with Gasteiger partial charge in [-0.05, 0) is 45.3 Å². The van der Waals surface area contributed by atoms with Gasteiger partial charge in [-0.25, -0.2) is 0 Å². The van der Waals surface area contributed by atoms with E-state index in [-0.39, 0.29) is 23.5 Å². The first-order valence-corrected chi connectivity index (χ1v) is 10.5. The summed E-state index contributed by atoms with van der Waals surface area (Å²) in [6, 6.07) is 0. The van der Waals surface area contributed by atoms with E-state index in [1.54, 1.807) is 0 Å². The highest BCUT2D eigenvalue weighted by molar-refractivity contribution is 6.74. The summed E-state index contributed by atoms with van der Waals surface area (Å²) in [5.74, 6) is -0.267. The molecule has 1 atom stereocenters. The van der Waals surface area contributed by atoms with Crippen LogP contribution in [-0.2, 0) is 18.8 Å². The minimum atomic E-state index is -1.97. The lowest BCUT2D eigenvalue weighted by atomic mass is 10.1. The third-order valence-corrected chi connectivity index (χ3v) is 8.22. The van der Waals surface area contributed by atoms with Crippen molar-refractivity contribution in [1.29, 1.82) is 0 Å². The van der Waals surface area contributed by atoms with E-state index in [1.165, 1.54) is 0 Å². The van der Waals surface area contributed by atoms with Gasteiger partial charge in [0.05, 0.1) is 12.5 Å². The maximum absolute atomic E-state index is 12.0. The first-order chi connectivity index (χ1) is 9.28. The predicted octanol–water partition coefficient (Wildman–Crippen LogP) is 4.09. The van der Waals surface area contributed by atoms with Gasteiger partial charge in [-0.15, -0.1) is 0 Å². The molecular weight excluding hydrogens is 284 g/mol. The lowest BCUT2D eigenvalue weighted by molar-refractivity contribution is -0.157. The molecule has 1 unspecified atom stereocenters. The molecule has 0 fully saturated rings. The Balaban J connectivity index is 4.81. The van der Waals surface area contributed by atoms with Gasteiger partial charge in [0.2, 0.25) is 0 Å². The summed E-state index contributed by atoms with van der Waals surface area (Å²) in [5.41, 5.74) is -0.497. The summed E-state index contributed by atoms with van der Waals surface area (Å²) in [6.45, 7) is 16.3. The van der Waals surface area contributed by atoms with Gasteiger partial charge in [0, 0.05) is 6.42 Å². The molecular formula is C16H32O4Si. The average molecular weight is 317 g/mol. The Bertz CT molecular complexity index is 350. The Labute approximate surface area is 130 Å². The molecule has 124 valence electrons. The van der Waals surface area contributed by atoms with Crippen molar-refractivity contribution >= 4 is 20.6 Å². The van der Waals surface area contributed by atoms with Gasteiger partial charge in [0.1, 0.15) is 11.9 Å². The zero-order valence-electron chi connectivity index (χ0n) is 14.9. The number of ether oxygens (including phenoxy) is 1. The maximum atomic E-state index is 12.0. The molecule has 0 saturated heterocycles. The summed E-state index contributed by atoms with van der Waals surface area (Å²) in [7, 11) is -1.97. The summed E-state index contributed by atoms with van der Waals surface area (Å²) >= 11 is 0. The maximum Gasteiger partial charge on any atom is 0.308 e. The highest BCUT2D eigenvalue weighted by atomic mass is 28.4. The highest BCUT2D eigenvalue weighted by Gasteiger charge is 2.39. The number of hydrogen-bond acceptors (Lipinski definition) is 4. The highest BCUT2D eigenvalue weighted by Crippen LogP contribution is 2.38. The first-order valence-electron chi connectivity index (χ1n) is 7.62. The lowest BCUT2D eigenvalue weighted by Gasteiger charge is -2.39. The predicted molar refractivity (Wildman–Crippen MR) is 87.8 cm³/mol. The van der Waals surface area contributed by atoms with Crippen LogP contribution in [0.1, 0.15) is 60.8 Å². The topological polar surface area (TPSA) is 52.6 Å². The molecule has 4 nitrogen and oxygen atoms in total. The van der Waals surface area contributed by atoms with E-state index >= 15 is 0 Å². The van der Waals surface area contributed by atoms with Crippen molar-refractivity contribution in [3.05, 3.63) is 0 Å². The van der Waals surface area contributed by atoms with Gasteiger partial charge < -0.3 is 14.0 Å². The smallest absolute Gasteiger partial charge is 0.308 e. The fourth-order valence-corrected chi connectivity index (χ4v) is 3.01. The molecule has 0 aromatic carbocycles. The van der Waals surface area contributed by atoms with Crippen molar-refractivity contribution in [1.82, 2.24) is 0 Å². The standard InChI is InChI=1S/C16H32O4Si/c1-15(2,3)19-14(18)12-13(10-9-11-17)20-21(7,8)16(4,5)6/h11,13H,9-10,12H2,1-8H3. The normalized spacial score (nSPS) is 14.7. The van der Waals surface area contributed by atoms with Crippen LogP contribution in [0, 0.1) is 0 Å². The molecule has 0 amide bonds. The molecule has 0 aliphatic heterocycles. The average Bonchev–Trinajstić information content (AvgIpc) is 2.20. The van der Waals surface area contributed by atoms with E-state index in [9.17, 15) is 9.59 Å². The van der Waals surface area contributed by atoms with Crippen LogP contribution in [0.2, 0.25) is 18.1 Å². The van der Waals surface area contributed by atoms with E-state index in [1.807, 2.05) is 20.8 Å². The number of aldehydes is 1. The molecule has 21 heavy (non-hydrogen) atoms. The Morgan fingerprint density at radius 3 is 2.05 bits per heavy atom. The second-order valence-electron chi connectivity index (χ2n) is 8.03. The SMILES string of the molecule is CC(C)(C)OC(=O)CC(CCC=O)O[Si](C)(C)C(C)(C)C. The van der Waals surface area contributed by atoms with E-state index in [4.69, 9.17) is 9.16 Å². The molecule has 0 aliphatic rings. The van der Waals surface area contributed by atoms with Crippen molar-refractivity contribution in [2.75, 3.05) is 0 Å². The monoisotopic (exact) mass is 316 g/mol. The summed E-state index contributed by atoms with van der Waals surface area (Å²) in [6.07, 6.45) is 1.80. The van der Waals surface area contributed by atoms with Gasteiger partial charge >= 0.3 is 5.97 Å². The molecule has 0 spiro atoms. The zero-order valence-corrected chi connectivity index (χ0v) is 15.9. The van der Waals surface area contributed by atoms with Crippen LogP contribution in [0.5, 0.6) is 0 Å². The van der Waals surface area contributed by atoms with Crippen LogP contribution >= 0.6 is 0 Å². The molecule has 0 aromatic rings. The van der Waals surface area contributed by atoms with E-state index in [0.29, 0.717) is 12.8 Å². The third kappa shape index (κ3) is 8.36. The number of esters is 1. The number of carbonyl (C=O) groups excluding carboxylic acids is 2. The van der Waals surface area contributed by atoms with E-state index in [2.05, 4.69) is 33.9 Å². The second-order valence-corrected chi connectivity index (χ2v) is 12.8. The summed E-state index contributed by atoms with van der Waals surface area (Å²) < 4.78 is 11.6. The van der Waals surface area contributed by atoms with Crippen molar-refractivity contribution < 1.29 is 18.8 Å². The molecule has 0 bridgehead atoms. The minimum Gasteiger partial charge on any atom is -0.460 e. The van der Waals surface area contributed by atoms with Gasteiger partial charge in [-0.1, -0.05) is 20.8 Å². The van der Waals surface area contributed by atoms with Crippen molar-refractivity contribution in [2.45, 2.75) is 90.6 Å². The largest absolute Gasteiger partial charge is 0.460 e. The van der Waals surface area contributed by atoms with Crippen LogP contribution in [-0.4, -0.2) is 32.3 Å². The fraction of sp³-hybridized carbons (Fsp3) is 0.875. The molecule has 0 saturated carbocycles. The fourth-order valence-electron chi connectivity index (χ4n) is 1.62. The molecule has 0 radical (unpaired) electrons. The molecule has 0 N–H and O–H groups in total.